The lowest BCUT2D eigenvalue weighted by Crippen LogP contribution is -2.47. The van der Waals surface area contributed by atoms with Gasteiger partial charge in [-0.05, 0) is 42.8 Å². The second-order valence-corrected chi connectivity index (χ2v) is 9.73. The normalized spacial score (nSPS) is 14.5. The molecule has 0 aliphatic carbocycles. The Morgan fingerprint density at radius 3 is 1.98 bits per heavy atom. The third-order valence-electron chi connectivity index (χ3n) is 5.27. The van der Waals surface area contributed by atoms with Crippen molar-refractivity contribution in [2.75, 3.05) is 6.54 Å². The molecule has 40 heavy (non-hydrogen) atoms. The van der Waals surface area contributed by atoms with Gasteiger partial charge in [0.15, 0.2) is 0 Å². The fraction of sp³-hybridized carbons (Fsp3) is 0.333. The summed E-state index contributed by atoms with van der Waals surface area (Å²) >= 11 is 17.5. The van der Waals surface area contributed by atoms with Gasteiger partial charge in [-0.2, -0.15) is 26.3 Å². The molecule has 0 spiro atoms. The molecule has 2 amide bonds. The minimum absolute atomic E-state index is 0.162. The number of carbonyl (C=O) groups excluding carboxylic acids is 2. The van der Waals surface area contributed by atoms with Crippen LogP contribution >= 0.6 is 34.8 Å². The van der Waals surface area contributed by atoms with Crippen LogP contribution in [0.3, 0.4) is 0 Å². The number of nitrogens with one attached hydrogen (secondary N) is 2. The molecular weight excluding hydrogens is 626 g/mol. The van der Waals surface area contributed by atoms with Crippen molar-refractivity contribution in [1.29, 1.82) is 0 Å². The van der Waals surface area contributed by atoms with Gasteiger partial charge in [0.05, 0.1) is 32.1 Å². The largest absolute Gasteiger partial charge is 0.417 e. The third-order valence-corrected chi connectivity index (χ3v) is 6.47. The van der Waals surface area contributed by atoms with Crippen molar-refractivity contribution in [2.24, 2.45) is 0 Å². The zero-order valence-corrected chi connectivity index (χ0v) is 22.4. The number of benzene rings is 2. The Hall–Kier alpha value is -2.64. The van der Waals surface area contributed by atoms with Gasteiger partial charge < -0.3 is 10.6 Å². The number of allylic oxidation sites excluding steroid dienone is 1. The van der Waals surface area contributed by atoms with Crippen LogP contribution in [0, 0.1) is 0 Å². The lowest BCUT2D eigenvalue weighted by atomic mass is 9.91. The molecule has 4 nitrogen and oxygen atoms in total. The van der Waals surface area contributed by atoms with Crippen LogP contribution in [-0.4, -0.2) is 36.5 Å². The van der Waals surface area contributed by atoms with E-state index in [9.17, 15) is 44.7 Å². The summed E-state index contributed by atoms with van der Waals surface area (Å²) < 4.78 is 122. The van der Waals surface area contributed by atoms with E-state index in [1.165, 1.54) is 5.32 Å². The number of amides is 2. The summed E-state index contributed by atoms with van der Waals surface area (Å²) in [4.78, 5) is 24.2. The van der Waals surface area contributed by atoms with Crippen LogP contribution in [0.4, 0.5) is 39.5 Å². The highest BCUT2D eigenvalue weighted by molar-refractivity contribution is 6.48. The van der Waals surface area contributed by atoms with Gasteiger partial charge in [0.1, 0.15) is 18.4 Å². The van der Waals surface area contributed by atoms with E-state index in [4.69, 9.17) is 34.8 Å². The molecule has 2 atom stereocenters. The molecule has 0 heterocycles. The van der Waals surface area contributed by atoms with Crippen molar-refractivity contribution < 1.29 is 49.1 Å². The number of alkyl halides is 8. The molecule has 2 aromatic rings. The van der Waals surface area contributed by atoms with E-state index in [1.807, 2.05) is 5.32 Å². The lowest BCUT2D eigenvalue weighted by Gasteiger charge is -2.22. The van der Waals surface area contributed by atoms with Crippen molar-refractivity contribution in [3.63, 3.8) is 0 Å². The van der Waals surface area contributed by atoms with E-state index >= 15 is 4.39 Å². The molecule has 2 unspecified atom stereocenters. The van der Waals surface area contributed by atoms with Gasteiger partial charge in [0, 0.05) is 12.5 Å². The van der Waals surface area contributed by atoms with Gasteiger partial charge in [-0.1, -0.05) is 40.9 Å². The summed E-state index contributed by atoms with van der Waals surface area (Å²) in [6.07, 6.45) is -9.70. The highest BCUT2D eigenvalue weighted by atomic mass is 35.5. The Morgan fingerprint density at radius 2 is 1.50 bits per heavy atom. The molecular formula is C24H18Cl3F9N2O2. The van der Waals surface area contributed by atoms with E-state index in [2.05, 4.69) is 0 Å². The maximum absolute atomic E-state index is 15.1. The maximum atomic E-state index is 15.1. The highest BCUT2D eigenvalue weighted by Crippen LogP contribution is 2.42. The molecule has 0 aliphatic rings. The molecule has 0 saturated heterocycles. The zero-order chi connectivity index (χ0) is 30.8. The monoisotopic (exact) mass is 642 g/mol. The first-order chi connectivity index (χ1) is 18.1. The Bertz CT molecular complexity index is 1280. The summed E-state index contributed by atoms with van der Waals surface area (Å²) in [5, 5.41) is 2.65. The fourth-order valence-corrected chi connectivity index (χ4v) is 3.95. The van der Waals surface area contributed by atoms with Crippen molar-refractivity contribution in [2.45, 2.75) is 44.1 Å². The van der Waals surface area contributed by atoms with Crippen LogP contribution in [0.25, 0.3) is 5.83 Å². The van der Waals surface area contributed by atoms with Gasteiger partial charge in [-0.3, -0.25) is 9.59 Å². The molecule has 0 aromatic heterocycles. The van der Waals surface area contributed by atoms with E-state index < -0.39 is 71.1 Å². The SMILES string of the molecule is CC(NC(=O)c1ccc(/C(F)=C/C(c2cc(Cl)c(Cl)c(Cl)c2)C(C)(F)F)cc1C(F)(F)F)C(=O)NCC(F)(F)F. The van der Waals surface area contributed by atoms with Gasteiger partial charge in [0.2, 0.25) is 5.91 Å². The summed E-state index contributed by atoms with van der Waals surface area (Å²) in [5.41, 5.74) is -3.94. The predicted octanol–water partition coefficient (Wildman–Crippen LogP) is 8.21. The second-order valence-electron chi connectivity index (χ2n) is 8.53. The smallest absolute Gasteiger partial charge is 0.345 e. The van der Waals surface area contributed by atoms with Gasteiger partial charge in [0.25, 0.3) is 11.8 Å². The van der Waals surface area contributed by atoms with Crippen molar-refractivity contribution >= 4 is 52.4 Å². The molecule has 0 radical (unpaired) electrons. The molecule has 0 fully saturated rings. The number of hydrogen-bond acceptors (Lipinski definition) is 2. The Kier molecular flexibility index (Phi) is 10.5. The first-order valence-electron chi connectivity index (χ1n) is 10.9. The fourth-order valence-electron chi connectivity index (χ4n) is 3.34. The maximum Gasteiger partial charge on any atom is 0.417 e. The van der Waals surface area contributed by atoms with Crippen LogP contribution in [0.1, 0.15) is 46.8 Å². The Balaban J connectivity index is 2.45. The standard InChI is InChI=1S/C24H18Cl3F9N2O2/c1-10(20(39)37-9-23(31,32)33)38-21(40)13-4-3-11(5-15(13)24(34,35)36)18(28)8-14(22(2,29)30)12-6-16(25)19(27)17(26)7-12/h3-8,10,14H,9H2,1-2H3,(H,37,39)(H,38,40)/b18-8-. The molecule has 16 heteroatoms. The van der Waals surface area contributed by atoms with Crippen LogP contribution in [0.15, 0.2) is 36.4 Å². The van der Waals surface area contributed by atoms with Crippen molar-refractivity contribution in [1.82, 2.24) is 10.6 Å². The first kappa shape index (κ1) is 33.6. The Labute approximate surface area is 236 Å². The lowest BCUT2D eigenvalue weighted by molar-refractivity contribution is -0.139. The first-order valence-corrected chi connectivity index (χ1v) is 12.0. The summed E-state index contributed by atoms with van der Waals surface area (Å²) in [5.74, 6) is -10.1. The van der Waals surface area contributed by atoms with Crippen LogP contribution in [0.2, 0.25) is 15.1 Å². The molecule has 0 saturated carbocycles. The van der Waals surface area contributed by atoms with Crippen LogP contribution in [0.5, 0.6) is 0 Å². The molecule has 0 bridgehead atoms. The second kappa shape index (κ2) is 12.5. The summed E-state index contributed by atoms with van der Waals surface area (Å²) in [6.45, 7) is -0.390. The van der Waals surface area contributed by atoms with Crippen molar-refractivity contribution in [3.8, 4) is 0 Å². The number of rotatable bonds is 8. The van der Waals surface area contributed by atoms with Gasteiger partial charge in [-0.25, -0.2) is 13.2 Å². The van der Waals surface area contributed by atoms with Crippen molar-refractivity contribution in [3.05, 3.63) is 73.7 Å². The summed E-state index contributed by atoms with van der Waals surface area (Å²) in [7, 11) is 0. The van der Waals surface area contributed by atoms with E-state index in [0.717, 1.165) is 19.1 Å². The highest BCUT2D eigenvalue weighted by Gasteiger charge is 2.38. The summed E-state index contributed by atoms with van der Waals surface area (Å²) in [6, 6.07) is 1.69. The third kappa shape index (κ3) is 8.93. The number of carbonyl (C=O) groups is 2. The average Bonchev–Trinajstić information content (AvgIpc) is 2.81. The molecule has 0 aliphatic heterocycles. The number of hydrogen-bond donors (Lipinski definition) is 2. The average molecular weight is 644 g/mol. The Morgan fingerprint density at radius 1 is 0.950 bits per heavy atom. The van der Waals surface area contributed by atoms with E-state index in [1.54, 1.807) is 0 Å². The topological polar surface area (TPSA) is 58.2 Å². The van der Waals surface area contributed by atoms with Crippen LogP contribution < -0.4 is 10.6 Å². The molecule has 2 rings (SSSR count). The minimum Gasteiger partial charge on any atom is -0.345 e. The van der Waals surface area contributed by atoms with Crippen LogP contribution in [-0.2, 0) is 11.0 Å². The molecule has 2 N–H and O–H groups in total. The molecule has 2 aromatic carbocycles. The minimum atomic E-state index is -5.27. The van der Waals surface area contributed by atoms with Gasteiger partial charge >= 0.3 is 12.4 Å². The van der Waals surface area contributed by atoms with E-state index in [-0.39, 0.29) is 26.7 Å². The molecule has 220 valence electrons. The predicted molar refractivity (Wildman–Crippen MR) is 131 cm³/mol. The number of halogens is 12. The zero-order valence-electron chi connectivity index (χ0n) is 20.2. The van der Waals surface area contributed by atoms with Gasteiger partial charge in [-0.15, -0.1) is 0 Å². The van der Waals surface area contributed by atoms with E-state index in [0.29, 0.717) is 25.1 Å². The quantitative estimate of drug-likeness (QED) is 0.225.